The minimum atomic E-state index is 0.386. The first-order valence-electron chi connectivity index (χ1n) is 6.67. The molecule has 0 unspecified atom stereocenters. The second-order valence-electron chi connectivity index (χ2n) is 4.43. The van der Waals surface area contributed by atoms with Crippen LogP contribution in [0.25, 0.3) is 0 Å². The monoisotopic (exact) mass is 294 g/mol. The van der Waals surface area contributed by atoms with E-state index in [1.165, 1.54) is 0 Å². The summed E-state index contributed by atoms with van der Waals surface area (Å²) < 4.78 is 7.72. The molecular weight excluding hydrogens is 276 g/mol. The van der Waals surface area contributed by atoms with Gasteiger partial charge in [0.05, 0.1) is 0 Å². The molecule has 0 radical (unpaired) electrons. The van der Waals surface area contributed by atoms with Crippen molar-refractivity contribution in [2.24, 2.45) is 0 Å². The topological polar surface area (TPSA) is 52.0 Å². The Bertz CT molecular complexity index is 556. The number of nitrogens with one attached hydrogen (secondary N) is 1. The molecule has 0 aliphatic rings. The summed E-state index contributed by atoms with van der Waals surface area (Å²) in [7, 11) is 1.88. The van der Waals surface area contributed by atoms with E-state index in [2.05, 4.69) is 22.3 Å². The van der Waals surface area contributed by atoms with Crippen LogP contribution in [0.5, 0.6) is 5.75 Å². The third-order valence-electron chi connectivity index (χ3n) is 2.92. The van der Waals surface area contributed by atoms with Crippen molar-refractivity contribution in [2.45, 2.75) is 33.0 Å². The second-order valence-corrected chi connectivity index (χ2v) is 4.84. The van der Waals surface area contributed by atoms with Crippen molar-refractivity contribution in [1.82, 2.24) is 20.1 Å². The third-order valence-corrected chi connectivity index (χ3v) is 3.27. The van der Waals surface area contributed by atoms with E-state index < -0.39 is 0 Å². The number of ether oxygens (including phenoxy) is 1. The summed E-state index contributed by atoms with van der Waals surface area (Å²) in [6, 6.07) is 5.66. The highest BCUT2D eigenvalue weighted by atomic mass is 35.5. The van der Waals surface area contributed by atoms with Crippen LogP contribution in [0, 0.1) is 0 Å². The number of rotatable bonds is 7. The standard InChI is InChI=1S/C14H19ClN4O/c1-3-7-19-14(17-10-18-19)9-20-13-6-4-5-12(15)11(13)8-16-2/h4-6,10,16H,3,7-9H2,1-2H3. The Hall–Kier alpha value is -1.59. The minimum absolute atomic E-state index is 0.386. The Labute approximate surface area is 123 Å². The molecule has 5 nitrogen and oxygen atoms in total. The molecule has 0 aliphatic carbocycles. The minimum Gasteiger partial charge on any atom is -0.485 e. The van der Waals surface area contributed by atoms with Crippen molar-refractivity contribution < 1.29 is 4.74 Å². The number of benzene rings is 1. The summed E-state index contributed by atoms with van der Waals surface area (Å²) in [5.41, 5.74) is 0.957. The van der Waals surface area contributed by atoms with Crippen molar-refractivity contribution in [3.63, 3.8) is 0 Å². The fourth-order valence-corrected chi connectivity index (χ4v) is 2.20. The zero-order chi connectivity index (χ0) is 14.4. The molecular formula is C14H19ClN4O. The largest absolute Gasteiger partial charge is 0.485 e. The van der Waals surface area contributed by atoms with Gasteiger partial charge in [-0.2, -0.15) is 5.10 Å². The highest BCUT2D eigenvalue weighted by molar-refractivity contribution is 6.31. The molecule has 6 heteroatoms. The van der Waals surface area contributed by atoms with Gasteiger partial charge < -0.3 is 10.1 Å². The van der Waals surface area contributed by atoms with E-state index >= 15 is 0 Å². The molecule has 0 saturated heterocycles. The first-order chi connectivity index (χ1) is 9.76. The summed E-state index contributed by atoms with van der Waals surface area (Å²) >= 11 is 6.20. The van der Waals surface area contributed by atoms with E-state index in [-0.39, 0.29) is 0 Å². The Morgan fingerprint density at radius 1 is 1.40 bits per heavy atom. The number of halogens is 1. The Balaban J connectivity index is 2.10. The van der Waals surface area contributed by atoms with Crippen LogP contribution in [0.1, 0.15) is 24.7 Å². The molecule has 0 amide bonds. The van der Waals surface area contributed by atoms with E-state index in [1.54, 1.807) is 6.33 Å². The van der Waals surface area contributed by atoms with Crippen molar-refractivity contribution in [3.05, 3.63) is 40.9 Å². The third kappa shape index (κ3) is 3.49. The first kappa shape index (κ1) is 14.8. The summed E-state index contributed by atoms with van der Waals surface area (Å²) in [4.78, 5) is 4.23. The molecule has 1 N–H and O–H groups in total. The second kappa shape index (κ2) is 7.26. The Morgan fingerprint density at radius 3 is 3.00 bits per heavy atom. The maximum Gasteiger partial charge on any atom is 0.164 e. The molecule has 2 aromatic rings. The van der Waals surface area contributed by atoms with Crippen LogP contribution in [0.15, 0.2) is 24.5 Å². The number of aromatic nitrogens is 3. The fourth-order valence-electron chi connectivity index (χ4n) is 1.96. The number of aryl methyl sites for hydroxylation is 1. The highest BCUT2D eigenvalue weighted by Crippen LogP contribution is 2.26. The molecule has 0 atom stereocenters. The number of hydrogen-bond donors (Lipinski definition) is 1. The average Bonchev–Trinajstić information content (AvgIpc) is 2.87. The van der Waals surface area contributed by atoms with Crippen LogP contribution in [0.4, 0.5) is 0 Å². The van der Waals surface area contributed by atoms with Gasteiger partial charge in [0, 0.05) is 23.7 Å². The highest BCUT2D eigenvalue weighted by Gasteiger charge is 2.10. The predicted molar refractivity (Wildman–Crippen MR) is 78.9 cm³/mol. The molecule has 20 heavy (non-hydrogen) atoms. The maximum absolute atomic E-state index is 6.20. The first-order valence-corrected chi connectivity index (χ1v) is 7.05. The van der Waals surface area contributed by atoms with Gasteiger partial charge in [-0.3, -0.25) is 0 Å². The summed E-state index contributed by atoms with van der Waals surface area (Å²) in [6.07, 6.45) is 2.57. The van der Waals surface area contributed by atoms with Crippen molar-refractivity contribution in [1.29, 1.82) is 0 Å². The lowest BCUT2D eigenvalue weighted by atomic mass is 10.2. The molecule has 108 valence electrons. The normalized spacial score (nSPS) is 10.8. The van der Waals surface area contributed by atoms with Gasteiger partial charge in [-0.1, -0.05) is 24.6 Å². The van der Waals surface area contributed by atoms with E-state index in [0.29, 0.717) is 18.2 Å². The molecule has 1 aromatic carbocycles. The van der Waals surface area contributed by atoms with E-state index in [9.17, 15) is 0 Å². The van der Waals surface area contributed by atoms with Crippen molar-refractivity contribution in [2.75, 3.05) is 7.05 Å². The molecule has 0 aliphatic heterocycles. The van der Waals surface area contributed by atoms with E-state index in [1.807, 2.05) is 29.9 Å². The van der Waals surface area contributed by atoms with Gasteiger partial charge >= 0.3 is 0 Å². The Morgan fingerprint density at radius 2 is 2.25 bits per heavy atom. The van der Waals surface area contributed by atoms with Gasteiger partial charge in [-0.15, -0.1) is 0 Å². The SMILES string of the molecule is CCCn1ncnc1COc1cccc(Cl)c1CNC. The zero-order valence-electron chi connectivity index (χ0n) is 11.8. The molecule has 0 spiro atoms. The average molecular weight is 295 g/mol. The van der Waals surface area contributed by atoms with E-state index in [4.69, 9.17) is 16.3 Å². The molecule has 0 bridgehead atoms. The summed E-state index contributed by atoms with van der Waals surface area (Å²) in [5, 5.41) is 7.97. The van der Waals surface area contributed by atoms with Crippen LogP contribution >= 0.6 is 11.6 Å². The number of nitrogens with zero attached hydrogens (tertiary/aromatic N) is 3. The van der Waals surface area contributed by atoms with Crippen molar-refractivity contribution >= 4 is 11.6 Å². The summed E-state index contributed by atoms with van der Waals surface area (Å²) in [6.45, 7) is 4.00. The fraction of sp³-hybridized carbons (Fsp3) is 0.429. The molecule has 1 aromatic heterocycles. The van der Waals surface area contributed by atoms with Gasteiger partial charge in [0.25, 0.3) is 0 Å². The van der Waals surface area contributed by atoms with Gasteiger partial charge in [0.1, 0.15) is 18.7 Å². The quantitative estimate of drug-likeness (QED) is 0.853. The lowest BCUT2D eigenvalue weighted by Crippen LogP contribution is -2.11. The van der Waals surface area contributed by atoms with Gasteiger partial charge in [-0.05, 0) is 25.6 Å². The van der Waals surface area contributed by atoms with E-state index in [0.717, 1.165) is 30.1 Å². The molecule has 1 heterocycles. The molecule has 0 fully saturated rings. The maximum atomic E-state index is 6.20. The molecule has 2 rings (SSSR count). The predicted octanol–water partition coefficient (Wildman–Crippen LogP) is 2.64. The van der Waals surface area contributed by atoms with Gasteiger partial charge in [0.15, 0.2) is 5.82 Å². The Kier molecular flexibility index (Phi) is 5.38. The van der Waals surface area contributed by atoms with Crippen LogP contribution in [0.3, 0.4) is 0 Å². The number of hydrogen-bond acceptors (Lipinski definition) is 4. The van der Waals surface area contributed by atoms with Crippen molar-refractivity contribution in [3.8, 4) is 5.75 Å². The van der Waals surface area contributed by atoms with Crippen LogP contribution < -0.4 is 10.1 Å². The van der Waals surface area contributed by atoms with Crippen LogP contribution in [-0.2, 0) is 19.7 Å². The van der Waals surface area contributed by atoms with Crippen LogP contribution in [-0.4, -0.2) is 21.8 Å². The zero-order valence-corrected chi connectivity index (χ0v) is 12.5. The van der Waals surface area contributed by atoms with Gasteiger partial charge in [-0.25, -0.2) is 9.67 Å². The lowest BCUT2D eigenvalue weighted by molar-refractivity contribution is 0.283. The van der Waals surface area contributed by atoms with Gasteiger partial charge in [0.2, 0.25) is 0 Å². The lowest BCUT2D eigenvalue weighted by Gasteiger charge is -2.12. The summed E-state index contributed by atoms with van der Waals surface area (Å²) in [5.74, 6) is 1.60. The smallest absolute Gasteiger partial charge is 0.164 e. The van der Waals surface area contributed by atoms with Crippen LogP contribution in [0.2, 0.25) is 5.02 Å². The molecule has 0 saturated carbocycles.